The lowest BCUT2D eigenvalue weighted by molar-refractivity contribution is -0.137. The molecule has 0 fully saturated rings. The van der Waals surface area contributed by atoms with Crippen molar-refractivity contribution in [2.45, 2.75) is 19.5 Å². The number of para-hydroxylation sites is 2. The number of aliphatic hydroxyl groups is 1. The van der Waals surface area contributed by atoms with Crippen LogP contribution in [-0.4, -0.2) is 39.0 Å². The Morgan fingerprint density at radius 1 is 1.26 bits per heavy atom. The number of nitrogens with zero attached hydrogens (tertiary/aromatic N) is 3. The number of rotatable bonds is 7. The molecule has 0 atom stereocenters. The highest BCUT2D eigenvalue weighted by atomic mass is 19.4. The van der Waals surface area contributed by atoms with Crippen molar-refractivity contribution < 1.29 is 27.8 Å². The number of halogens is 3. The number of carbonyl (C=O) groups excluding carboxylic acids is 1. The van der Waals surface area contributed by atoms with Crippen LogP contribution in [0.25, 0.3) is 5.69 Å². The van der Waals surface area contributed by atoms with Crippen molar-refractivity contribution >= 4 is 17.5 Å². The molecular formula is C20H20F3N5O3. The molecule has 3 rings (SSSR count). The summed E-state index contributed by atoms with van der Waals surface area (Å²) in [6, 6.07) is 8.72. The Morgan fingerprint density at radius 2 is 2.00 bits per heavy atom. The van der Waals surface area contributed by atoms with E-state index >= 15 is 0 Å². The van der Waals surface area contributed by atoms with Crippen LogP contribution < -0.4 is 15.8 Å². The normalized spacial score (nSPS) is 11.4. The Morgan fingerprint density at radius 3 is 2.61 bits per heavy atom. The molecular weight excluding hydrogens is 415 g/mol. The number of benzene rings is 1. The first-order chi connectivity index (χ1) is 14.8. The molecule has 0 bridgehead atoms. The van der Waals surface area contributed by atoms with Crippen molar-refractivity contribution in [3.63, 3.8) is 0 Å². The zero-order valence-corrected chi connectivity index (χ0v) is 16.5. The van der Waals surface area contributed by atoms with E-state index in [0.717, 1.165) is 12.1 Å². The van der Waals surface area contributed by atoms with Gasteiger partial charge in [0, 0.05) is 6.20 Å². The van der Waals surface area contributed by atoms with E-state index in [-0.39, 0.29) is 30.4 Å². The number of anilines is 2. The average Bonchev–Trinajstić information content (AvgIpc) is 3.08. The summed E-state index contributed by atoms with van der Waals surface area (Å²) in [5, 5.41) is 15.9. The van der Waals surface area contributed by atoms with Crippen LogP contribution >= 0.6 is 0 Å². The summed E-state index contributed by atoms with van der Waals surface area (Å²) >= 11 is 0. The zero-order valence-electron chi connectivity index (χ0n) is 16.5. The molecule has 0 saturated carbocycles. The van der Waals surface area contributed by atoms with Crippen molar-refractivity contribution in [1.29, 1.82) is 0 Å². The zero-order chi connectivity index (χ0) is 22.6. The van der Waals surface area contributed by atoms with Crippen LogP contribution in [0.15, 0.2) is 42.6 Å². The van der Waals surface area contributed by atoms with Crippen molar-refractivity contribution in [1.82, 2.24) is 14.8 Å². The van der Waals surface area contributed by atoms with Gasteiger partial charge in [0.15, 0.2) is 0 Å². The molecule has 1 aromatic carbocycles. The molecule has 11 heteroatoms. The van der Waals surface area contributed by atoms with E-state index in [1.54, 1.807) is 31.2 Å². The van der Waals surface area contributed by atoms with E-state index < -0.39 is 17.6 Å². The molecule has 4 N–H and O–H groups in total. The predicted molar refractivity (Wildman–Crippen MR) is 107 cm³/mol. The summed E-state index contributed by atoms with van der Waals surface area (Å²) in [4.78, 5) is 16.5. The van der Waals surface area contributed by atoms with E-state index in [2.05, 4.69) is 15.4 Å². The van der Waals surface area contributed by atoms with E-state index in [9.17, 15) is 18.0 Å². The highest BCUT2D eigenvalue weighted by Gasteiger charge is 2.31. The van der Waals surface area contributed by atoms with Gasteiger partial charge in [-0.3, -0.25) is 4.79 Å². The number of nitrogens with two attached hydrogens (primary N) is 1. The van der Waals surface area contributed by atoms with E-state index in [1.165, 1.54) is 4.68 Å². The summed E-state index contributed by atoms with van der Waals surface area (Å²) in [6.45, 7) is 1.66. The van der Waals surface area contributed by atoms with Gasteiger partial charge in [0.1, 0.15) is 35.2 Å². The third kappa shape index (κ3) is 4.77. The number of aromatic nitrogens is 3. The maximum absolute atomic E-state index is 12.8. The van der Waals surface area contributed by atoms with Crippen LogP contribution in [-0.2, 0) is 12.6 Å². The van der Waals surface area contributed by atoms with Crippen molar-refractivity contribution in [2.24, 2.45) is 0 Å². The summed E-state index contributed by atoms with van der Waals surface area (Å²) in [5.41, 5.74) is 6.23. The largest absolute Gasteiger partial charge is 0.489 e. The van der Waals surface area contributed by atoms with Gasteiger partial charge in [0.05, 0.1) is 17.9 Å². The molecule has 0 spiro atoms. The maximum Gasteiger partial charge on any atom is 0.417 e. The van der Waals surface area contributed by atoms with Crippen LogP contribution in [0.4, 0.5) is 24.8 Å². The molecule has 31 heavy (non-hydrogen) atoms. The van der Waals surface area contributed by atoms with Crippen LogP contribution in [0.1, 0.15) is 28.5 Å². The van der Waals surface area contributed by atoms with Crippen LogP contribution in [0.5, 0.6) is 5.75 Å². The first-order valence-electron chi connectivity index (χ1n) is 9.31. The third-order valence-corrected chi connectivity index (χ3v) is 4.33. The summed E-state index contributed by atoms with van der Waals surface area (Å²) in [6.07, 6.45) is -3.51. The van der Waals surface area contributed by atoms with E-state index in [1.807, 2.05) is 0 Å². The summed E-state index contributed by atoms with van der Waals surface area (Å²) in [5.74, 6) is -0.272. The number of pyridine rings is 1. The lowest BCUT2D eigenvalue weighted by Crippen LogP contribution is -2.17. The summed E-state index contributed by atoms with van der Waals surface area (Å²) < 4.78 is 44.9. The number of ether oxygens (including phenoxy) is 1. The van der Waals surface area contributed by atoms with Gasteiger partial charge in [-0.15, -0.1) is 0 Å². The molecule has 0 aliphatic carbocycles. The fourth-order valence-corrected chi connectivity index (χ4v) is 2.88. The van der Waals surface area contributed by atoms with Crippen LogP contribution in [0, 0.1) is 0 Å². The molecule has 0 unspecified atom stereocenters. The van der Waals surface area contributed by atoms with E-state index in [4.69, 9.17) is 15.6 Å². The van der Waals surface area contributed by atoms with Gasteiger partial charge >= 0.3 is 6.18 Å². The van der Waals surface area contributed by atoms with Crippen molar-refractivity contribution in [2.75, 3.05) is 24.3 Å². The number of aliphatic hydroxyl groups excluding tert-OH is 1. The van der Waals surface area contributed by atoms with Gasteiger partial charge in [0.2, 0.25) is 0 Å². The number of hydrogen-bond donors (Lipinski definition) is 3. The maximum atomic E-state index is 12.8. The number of alkyl halides is 3. The number of aryl methyl sites for hydroxylation is 1. The Labute approximate surface area is 175 Å². The quantitative estimate of drug-likeness (QED) is 0.526. The molecule has 0 aliphatic rings. The lowest BCUT2D eigenvalue weighted by Gasteiger charge is -2.12. The topological polar surface area (TPSA) is 115 Å². The van der Waals surface area contributed by atoms with Crippen molar-refractivity contribution in [3.8, 4) is 11.4 Å². The molecule has 8 nitrogen and oxygen atoms in total. The number of hydrogen-bond acceptors (Lipinski definition) is 6. The number of carbonyl (C=O) groups is 1. The number of nitrogens with one attached hydrogen (secondary N) is 1. The third-order valence-electron chi connectivity index (χ3n) is 4.33. The lowest BCUT2D eigenvalue weighted by atomic mass is 10.1. The smallest absolute Gasteiger partial charge is 0.417 e. The van der Waals surface area contributed by atoms with Gasteiger partial charge in [0.25, 0.3) is 5.91 Å². The average molecular weight is 435 g/mol. The Hall–Kier alpha value is -3.60. The van der Waals surface area contributed by atoms with Gasteiger partial charge in [-0.1, -0.05) is 19.1 Å². The minimum absolute atomic E-state index is 0.0290. The second-order valence-corrected chi connectivity index (χ2v) is 6.40. The molecule has 1 amide bonds. The highest BCUT2D eigenvalue weighted by molar-refractivity contribution is 6.08. The first-order valence-corrected chi connectivity index (χ1v) is 9.31. The van der Waals surface area contributed by atoms with Crippen LogP contribution in [0.3, 0.4) is 0 Å². The Kier molecular flexibility index (Phi) is 6.44. The van der Waals surface area contributed by atoms with Crippen molar-refractivity contribution in [3.05, 3.63) is 59.4 Å². The van der Waals surface area contributed by atoms with E-state index in [0.29, 0.717) is 29.7 Å². The van der Waals surface area contributed by atoms with Gasteiger partial charge in [-0.25, -0.2) is 9.67 Å². The fourth-order valence-electron chi connectivity index (χ4n) is 2.88. The minimum atomic E-state index is -4.53. The predicted octanol–water partition coefficient (Wildman–Crippen LogP) is 3.05. The molecule has 3 aromatic rings. The molecule has 0 aliphatic heterocycles. The standard InChI is InChI=1S/C20H20F3N5O3/c1-2-13-17(19(30)26-16-8-7-12(11-25-16)20(21,22)23)18(24)28(27-13)14-5-3-4-6-15(14)31-10-9-29/h3-8,11,29H,2,9-10,24H2,1H3,(H,25,26,30). The summed E-state index contributed by atoms with van der Waals surface area (Å²) in [7, 11) is 0. The SMILES string of the molecule is CCc1nn(-c2ccccc2OCCO)c(N)c1C(=O)Nc1ccc(C(F)(F)F)cn1. The number of amides is 1. The fraction of sp³-hybridized carbons (Fsp3) is 0.250. The van der Waals surface area contributed by atoms with Gasteiger partial charge < -0.3 is 20.9 Å². The van der Waals surface area contributed by atoms with Gasteiger partial charge in [-0.2, -0.15) is 18.3 Å². The number of nitrogen functional groups attached to an aromatic ring is 1. The Bertz CT molecular complexity index is 1060. The second kappa shape index (κ2) is 9.04. The van der Waals surface area contributed by atoms with Gasteiger partial charge in [-0.05, 0) is 30.7 Å². The molecule has 0 saturated heterocycles. The molecule has 0 radical (unpaired) electrons. The first kappa shape index (κ1) is 22.1. The Balaban J connectivity index is 1.92. The minimum Gasteiger partial charge on any atom is -0.489 e. The molecule has 2 heterocycles. The molecule has 164 valence electrons. The monoisotopic (exact) mass is 435 g/mol. The van der Waals surface area contributed by atoms with Crippen LogP contribution in [0.2, 0.25) is 0 Å². The molecule has 2 aromatic heterocycles. The second-order valence-electron chi connectivity index (χ2n) is 6.40. The highest BCUT2D eigenvalue weighted by Crippen LogP contribution is 2.30.